The highest BCUT2D eigenvalue weighted by Crippen LogP contribution is 2.01. The van der Waals surface area contributed by atoms with Crippen molar-refractivity contribution in [3.63, 3.8) is 0 Å². The first-order chi connectivity index (χ1) is 6.77. The van der Waals surface area contributed by atoms with Crippen LogP contribution in [0.25, 0.3) is 0 Å². The van der Waals surface area contributed by atoms with Crippen LogP contribution in [0.1, 0.15) is 11.5 Å². The standard InChI is InChI=1S/C8H10N4OS/c1-6-4-9-8(14)12(6)3-2-7-10-5-13-11-7/h4-5H,2-3H2,1H3,(H,9,14). The summed E-state index contributed by atoms with van der Waals surface area (Å²) < 4.78 is 7.37. The lowest BCUT2D eigenvalue weighted by Gasteiger charge is -2.01. The van der Waals surface area contributed by atoms with E-state index >= 15 is 0 Å². The third-order valence-electron chi connectivity index (χ3n) is 2.04. The lowest BCUT2D eigenvalue weighted by molar-refractivity contribution is 0.408. The number of rotatable bonds is 3. The van der Waals surface area contributed by atoms with E-state index in [1.165, 1.54) is 6.39 Å². The van der Waals surface area contributed by atoms with E-state index in [-0.39, 0.29) is 0 Å². The van der Waals surface area contributed by atoms with Crippen molar-refractivity contribution in [2.45, 2.75) is 19.9 Å². The van der Waals surface area contributed by atoms with Crippen LogP contribution in [0.3, 0.4) is 0 Å². The largest absolute Gasteiger partial charge is 0.343 e. The molecule has 0 fully saturated rings. The summed E-state index contributed by atoms with van der Waals surface area (Å²) >= 11 is 5.11. The molecule has 14 heavy (non-hydrogen) atoms. The minimum absolute atomic E-state index is 0.701. The molecule has 74 valence electrons. The first-order valence-corrected chi connectivity index (χ1v) is 4.68. The smallest absolute Gasteiger partial charge is 0.213 e. The van der Waals surface area contributed by atoms with E-state index in [0.29, 0.717) is 5.82 Å². The average molecular weight is 210 g/mol. The molecule has 2 aromatic rings. The van der Waals surface area contributed by atoms with Crippen molar-refractivity contribution in [1.29, 1.82) is 0 Å². The first-order valence-electron chi connectivity index (χ1n) is 4.27. The van der Waals surface area contributed by atoms with Crippen molar-refractivity contribution in [2.24, 2.45) is 0 Å². The summed E-state index contributed by atoms with van der Waals surface area (Å²) in [6.07, 6.45) is 3.95. The molecule has 0 amide bonds. The zero-order valence-electron chi connectivity index (χ0n) is 7.73. The van der Waals surface area contributed by atoms with Crippen LogP contribution in [0.2, 0.25) is 0 Å². The molecule has 2 rings (SSSR count). The molecule has 0 aromatic carbocycles. The van der Waals surface area contributed by atoms with Gasteiger partial charge in [0.2, 0.25) is 6.39 Å². The average Bonchev–Trinajstić information content (AvgIpc) is 2.76. The highest BCUT2D eigenvalue weighted by atomic mass is 32.1. The second-order valence-corrected chi connectivity index (χ2v) is 3.37. The molecule has 0 aliphatic heterocycles. The molecule has 0 aliphatic carbocycles. The highest BCUT2D eigenvalue weighted by Gasteiger charge is 2.02. The molecule has 0 radical (unpaired) electrons. The normalized spacial score (nSPS) is 10.6. The Morgan fingerprint density at radius 1 is 1.64 bits per heavy atom. The van der Waals surface area contributed by atoms with E-state index < -0.39 is 0 Å². The van der Waals surface area contributed by atoms with Crippen molar-refractivity contribution < 1.29 is 4.52 Å². The van der Waals surface area contributed by atoms with Gasteiger partial charge < -0.3 is 14.1 Å². The Balaban J connectivity index is 2.09. The number of imidazole rings is 1. The summed E-state index contributed by atoms with van der Waals surface area (Å²) in [7, 11) is 0. The first kappa shape index (κ1) is 9.14. The van der Waals surface area contributed by atoms with Crippen molar-refractivity contribution >= 4 is 12.2 Å². The van der Waals surface area contributed by atoms with Gasteiger partial charge in [-0.1, -0.05) is 5.16 Å². The van der Waals surface area contributed by atoms with E-state index in [9.17, 15) is 0 Å². The molecule has 0 aliphatic rings. The fourth-order valence-corrected chi connectivity index (χ4v) is 1.57. The maximum atomic E-state index is 5.11. The van der Waals surface area contributed by atoms with Crippen LogP contribution < -0.4 is 0 Å². The van der Waals surface area contributed by atoms with Crippen LogP contribution in [0.15, 0.2) is 17.1 Å². The van der Waals surface area contributed by atoms with Gasteiger partial charge in [-0.2, -0.15) is 4.98 Å². The zero-order valence-corrected chi connectivity index (χ0v) is 8.54. The molecule has 0 atom stereocenters. The van der Waals surface area contributed by atoms with Crippen molar-refractivity contribution in [3.05, 3.63) is 28.9 Å². The van der Waals surface area contributed by atoms with Crippen LogP contribution in [0.4, 0.5) is 0 Å². The fraction of sp³-hybridized carbons (Fsp3) is 0.375. The molecule has 0 bridgehead atoms. The van der Waals surface area contributed by atoms with Crippen LogP contribution in [0, 0.1) is 11.7 Å². The quantitative estimate of drug-likeness (QED) is 0.779. The second kappa shape index (κ2) is 3.75. The zero-order chi connectivity index (χ0) is 9.97. The summed E-state index contributed by atoms with van der Waals surface area (Å²) in [6.45, 7) is 2.77. The van der Waals surface area contributed by atoms with E-state index in [0.717, 1.165) is 23.4 Å². The number of hydrogen-bond acceptors (Lipinski definition) is 4. The number of aryl methyl sites for hydroxylation is 2. The SMILES string of the molecule is Cc1c[nH]c(=S)n1CCc1ncon1. The minimum Gasteiger partial charge on any atom is -0.343 e. The van der Waals surface area contributed by atoms with Gasteiger partial charge in [0.15, 0.2) is 10.6 Å². The Labute approximate surface area is 85.8 Å². The monoisotopic (exact) mass is 210 g/mol. The third kappa shape index (κ3) is 1.74. The van der Waals surface area contributed by atoms with Gasteiger partial charge in [0.1, 0.15) is 0 Å². The van der Waals surface area contributed by atoms with Crippen LogP contribution in [0.5, 0.6) is 0 Å². The summed E-state index contributed by atoms with van der Waals surface area (Å²) in [6, 6.07) is 0. The van der Waals surface area contributed by atoms with E-state index in [4.69, 9.17) is 12.2 Å². The Hall–Kier alpha value is -1.43. The van der Waals surface area contributed by atoms with Crippen molar-refractivity contribution in [1.82, 2.24) is 19.7 Å². The molecule has 2 heterocycles. The Kier molecular flexibility index (Phi) is 2.45. The van der Waals surface area contributed by atoms with Crippen LogP contribution in [-0.2, 0) is 13.0 Å². The van der Waals surface area contributed by atoms with Crippen LogP contribution in [-0.4, -0.2) is 19.7 Å². The van der Waals surface area contributed by atoms with E-state index in [1.54, 1.807) is 0 Å². The number of H-pyrrole nitrogens is 1. The van der Waals surface area contributed by atoms with Gasteiger partial charge in [0.05, 0.1) is 0 Å². The van der Waals surface area contributed by atoms with Crippen LogP contribution >= 0.6 is 12.2 Å². The molecule has 6 heteroatoms. The molecule has 1 N–H and O–H groups in total. The Morgan fingerprint density at radius 3 is 3.07 bits per heavy atom. The lowest BCUT2D eigenvalue weighted by Crippen LogP contribution is -2.04. The molecule has 0 spiro atoms. The van der Waals surface area contributed by atoms with Crippen molar-refractivity contribution in [2.75, 3.05) is 0 Å². The number of nitrogens with zero attached hydrogens (tertiary/aromatic N) is 3. The van der Waals surface area contributed by atoms with Gasteiger partial charge in [-0.15, -0.1) is 0 Å². The van der Waals surface area contributed by atoms with Gasteiger partial charge in [-0.25, -0.2) is 0 Å². The highest BCUT2D eigenvalue weighted by molar-refractivity contribution is 7.71. The maximum absolute atomic E-state index is 5.11. The summed E-state index contributed by atoms with van der Waals surface area (Å²) in [5.74, 6) is 0.701. The third-order valence-corrected chi connectivity index (χ3v) is 2.38. The molecule has 0 unspecified atom stereocenters. The molecular formula is C8H10N4OS. The minimum atomic E-state index is 0.701. The summed E-state index contributed by atoms with van der Waals surface area (Å²) in [5, 5.41) is 3.73. The number of aromatic nitrogens is 4. The van der Waals surface area contributed by atoms with Crippen molar-refractivity contribution in [3.8, 4) is 0 Å². The van der Waals surface area contributed by atoms with E-state index in [1.807, 2.05) is 17.7 Å². The molecular weight excluding hydrogens is 200 g/mol. The van der Waals surface area contributed by atoms with Gasteiger partial charge in [-0.05, 0) is 19.1 Å². The second-order valence-electron chi connectivity index (χ2n) is 2.98. The van der Waals surface area contributed by atoms with Gasteiger partial charge in [0.25, 0.3) is 0 Å². The van der Waals surface area contributed by atoms with Gasteiger partial charge >= 0.3 is 0 Å². The Morgan fingerprint density at radius 2 is 2.50 bits per heavy atom. The number of nitrogens with one attached hydrogen (secondary N) is 1. The van der Waals surface area contributed by atoms with E-state index in [2.05, 4.69) is 19.6 Å². The molecule has 0 saturated heterocycles. The van der Waals surface area contributed by atoms with Gasteiger partial charge in [0, 0.05) is 24.9 Å². The summed E-state index contributed by atoms with van der Waals surface area (Å²) in [4.78, 5) is 6.92. The number of hydrogen-bond donors (Lipinski definition) is 1. The Bertz CT molecular complexity index is 456. The molecule has 5 nitrogen and oxygen atoms in total. The predicted molar refractivity (Wildman–Crippen MR) is 52.4 cm³/mol. The topological polar surface area (TPSA) is 59.6 Å². The predicted octanol–water partition coefficient (Wildman–Crippen LogP) is 1.48. The maximum Gasteiger partial charge on any atom is 0.213 e. The lowest BCUT2D eigenvalue weighted by atomic mass is 10.4. The molecule has 0 saturated carbocycles. The molecule has 2 aromatic heterocycles. The van der Waals surface area contributed by atoms with Gasteiger partial charge in [-0.3, -0.25) is 0 Å². The number of aromatic amines is 1. The summed E-state index contributed by atoms with van der Waals surface area (Å²) in [5.41, 5.74) is 1.11. The fourth-order valence-electron chi connectivity index (χ4n) is 1.27.